The Bertz CT molecular complexity index is 632. The first-order valence-electron chi connectivity index (χ1n) is 5.37. The van der Waals surface area contributed by atoms with E-state index in [1.165, 1.54) is 18.9 Å². The van der Waals surface area contributed by atoms with Gasteiger partial charge in [0.1, 0.15) is 5.65 Å². The topological polar surface area (TPSA) is 77.0 Å². The van der Waals surface area contributed by atoms with Crippen LogP contribution in [0.2, 0.25) is 0 Å². The van der Waals surface area contributed by atoms with Gasteiger partial charge in [-0.05, 0) is 6.07 Å². The summed E-state index contributed by atoms with van der Waals surface area (Å²) in [5.41, 5.74) is 0.473. The average molecular weight is 267 g/mol. The number of aromatic amines is 1. The molecule has 0 atom stereocenters. The van der Waals surface area contributed by atoms with Gasteiger partial charge in [0, 0.05) is 19.0 Å². The summed E-state index contributed by atoms with van der Waals surface area (Å²) in [7, 11) is 3.18. The highest BCUT2D eigenvalue weighted by Crippen LogP contribution is 2.15. The van der Waals surface area contributed by atoms with Gasteiger partial charge in [0.2, 0.25) is 0 Å². The van der Waals surface area contributed by atoms with Crippen molar-refractivity contribution in [2.45, 2.75) is 11.6 Å². The average Bonchev–Trinajstić information content (AvgIpc) is 2.72. The molecule has 0 aliphatic carbocycles. The molecular weight excluding hydrogens is 254 g/mol. The second-order valence-electron chi connectivity index (χ2n) is 3.71. The molecule has 0 aliphatic rings. The SMILES string of the molecule is COC(=O)CCSc1nc2c(ccn2C)c(=O)[nH]1. The van der Waals surface area contributed by atoms with Crippen LogP contribution in [0.25, 0.3) is 11.0 Å². The van der Waals surface area contributed by atoms with Crippen molar-refractivity contribution >= 4 is 28.8 Å². The summed E-state index contributed by atoms with van der Waals surface area (Å²) in [4.78, 5) is 29.7. The molecule has 0 saturated heterocycles. The van der Waals surface area contributed by atoms with Gasteiger partial charge in [-0.25, -0.2) is 4.98 Å². The minimum atomic E-state index is -0.273. The number of hydrogen-bond donors (Lipinski definition) is 1. The molecule has 0 bridgehead atoms. The van der Waals surface area contributed by atoms with E-state index in [0.29, 0.717) is 21.9 Å². The molecular formula is C11H13N3O3S. The minimum Gasteiger partial charge on any atom is -0.469 e. The Kier molecular flexibility index (Phi) is 3.71. The maximum Gasteiger partial charge on any atom is 0.306 e. The Labute approximate surface area is 107 Å². The zero-order valence-electron chi connectivity index (χ0n) is 10.1. The first-order valence-corrected chi connectivity index (χ1v) is 6.35. The highest BCUT2D eigenvalue weighted by atomic mass is 32.2. The van der Waals surface area contributed by atoms with Crippen LogP contribution in [0.3, 0.4) is 0 Å². The van der Waals surface area contributed by atoms with Crippen LogP contribution in [0.5, 0.6) is 0 Å². The summed E-state index contributed by atoms with van der Waals surface area (Å²) in [6.07, 6.45) is 2.08. The van der Waals surface area contributed by atoms with Crippen molar-refractivity contribution in [2.24, 2.45) is 7.05 Å². The third-order valence-electron chi connectivity index (χ3n) is 2.48. The number of aryl methyl sites for hydroxylation is 1. The number of hydrogen-bond acceptors (Lipinski definition) is 5. The van der Waals surface area contributed by atoms with Crippen molar-refractivity contribution in [1.29, 1.82) is 0 Å². The van der Waals surface area contributed by atoms with E-state index >= 15 is 0 Å². The van der Waals surface area contributed by atoms with Gasteiger partial charge in [-0.2, -0.15) is 0 Å². The smallest absolute Gasteiger partial charge is 0.306 e. The zero-order valence-corrected chi connectivity index (χ0v) is 10.9. The fourth-order valence-corrected chi connectivity index (χ4v) is 2.31. The van der Waals surface area contributed by atoms with Gasteiger partial charge in [0.15, 0.2) is 5.16 Å². The summed E-state index contributed by atoms with van der Waals surface area (Å²) in [5.74, 6) is 0.246. The predicted molar refractivity (Wildman–Crippen MR) is 68.7 cm³/mol. The number of carbonyl (C=O) groups is 1. The molecule has 0 spiro atoms. The highest BCUT2D eigenvalue weighted by Gasteiger charge is 2.08. The first-order chi connectivity index (χ1) is 8.61. The molecule has 1 N–H and O–H groups in total. The van der Waals surface area contributed by atoms with Crippen LogP contribution in [0.15, 0.2) is 22.2 Å². The van der Waals surface area contributed by atoms with Crippen LogP contribution < -0.4 is 5.56 Å². The number of H-pyrrole nitrogens is 1. The van der Waals surface area contributed by atoms with E-state index in [2.05, 4.69) is 14.7 Å². The Hall–Kier alpha value is -1.76. The molecule has 18 heavy (non-hydrogen) atoms. The number of esters is 1. The van der Waals surface area contributed by atoms with E-state index in [4.69, 9.17) is 0 Å². The number of nitrogens with zero attached hydrogens (tertiary/aromatic N) is 2. The van der Waals surface area contributed by atoms with Gasteiger partial charge in [0.05, 0.1) is 18.9 Å². The summed E-state index contributed by atoms with van der Waals surface area (Å²) >= 11 is 1.32. The molecule has 2 aromatic rings. The number of thioether (sulfide) groups is 1. The lowest BCUT2D eigenvalue weighted by atomic mass is 10.4. The molecule has 2 heterocycles. The lowest BCUT2D eigenvalue weighted by molar-refractivity contribution is -0.140. The molecule has 0 fully saturated rings. The van der Waals surface area contributed by atoms with E-state index < -0.39 is 0 Å². The normalized spacial score (nSPS) is 10.8. The minimum absolute atomic E-state index is 0.166. The highest BCUT2D eigenvalue weighted by molar-refractivity contribution is 7.99. The molecule has 6 nitrogen and oxygen atoms in total. The molecule has 96 valence electrons. The van der Waals surface area contributed by atoms with Crippen LogP contribution >= 0.6 is 11.8 Å². The summed E-state index contributed by atoms with van der Waals surface area (Å²) < 4.78 is 6.33. The van der Waals surface area contributed by atoms with E-state index in [1.807, 2.05) is 7.05 Å². The molecule has 2 rings (SSSR count). The van der Waals surface area contributed by atoms with Gasteiger partial charge >= 0.3 is 5.97 Å². The molecule has 0 aliphatic heterocycles. The molecule has 2 aromatic heterocycles. The number of ether oxygens (including phenoxy) is 1. The summed E-state index contributed by atoms with van der Waals surface area (Å²) in [5, 5.41) is 1.08. The standard InChI is InChI=1S/C11H13N3O3S/c1-14-5-3-7-9(14)12-11(13-10(7)16)18-6-4-8(15)17-2/h3,5H,4,6H2,1-2H3,(H,12,13,16). The van der Waals surface area contributed by atoms with Crippen molar-refractivity contribution in [3.05, 3.63) is 22.6 Å². The molecule has 7 heteroatoms. The van der Waals surface area contributed by atoms with Crippen molar-refractivity contribution in [3.63, 3.8) is 0 Å². The zero-order chi connectivity index (χ0) is 13.1. The van der Waals surface area contributed by atoms with Gasteiger partial charge in [-0.15, -0.1) is 0 Å². The predicted octanol–water partition coefficient (Wildman–Crippen LogP) is 0.917. The van der Waals surface area contributed by atoms with E-state index in [-0.39, 0.29) is 17.9 Å². The molecule has 0 saturated carbocycles. The second kappa shape index (κ2) is 5.26. The van der Waals surface area contributed by atoms with Crippen LogP contribution in [0, 0.1) is 0 Å². The molecule has 0 aromatic carbocycles. The van der Waals surface area contributed by atoms with Crippen LogP contribution in [-0.2, 0) is 16.6 Å². The number of nitrogens with one attached hydrogen (secondary N) is 1. The van der Waals surface area contributed by atoms with Crippen molar-refractivity contribution < 1.29 is 9.53 Å². The number of fused-ring (bicyclic) bond motifs is 1. The first kappa shape index (κ1) is 12.7. The third-order valence-corrected chi connectivity index (χ3v) is 3.36. The van der Waals surface area contributed by atoms with Crippen molar-refractivity contribution in [1.82, 2.24) is 14.5 Å². The molecule has 0 unspecified atom stereocenters. The van der Waals surface area contributed by atoms with Crippen molar-refractivity contribution in [3.8, 4) is 0 Å². The maximum absolute atomic E-state index is 11.8. The quantitative estimate of drug-likeness (QED) is 0.506. The Balaban J connectivity index is 2.16. The van der Waals surface area contributed by atoms with Gasteiger partial charge in [0.25, 0.3) is 5.56 Å². The van der Waals surface area contributed by atoms with Crippen LogP contribution in [0.4, 0.5) is 0 Å². The van der Waals surface area contributed by atoms with Gasteiger partial charge < -0.3 is 14.3 Å². The van der Waals surface area contributed by atoms with E-state index in [9.17, 15) is 9.59 Å². The Morgan fingerprint density at radius 3 is 3.11 bits per heavy atom. The van der Waals surface area contributed by atoms with E-state index in [1.54, 1.807) is 16.8 Å². The summed E-state index contributed by atoms with van der Waals surface area (Å²) in [6.45, 7) is 0. The molecule has 0 radical (unpaired) electrons. The number of carbonyl (C=O) groups excluding carboxylic acids is 1. The largest absolute Gasteiger partial charge is 0.469 e. The maximum atomic E-state index is 11.8. The second-order valence-corrected chi connectivity index (χ2v) is 4.79. The van der Waals surface area contributed by atoms with Gasteiger partial charge in [-0.3, -0.25) is 9.59 Å². The summed E-state index contributed by atoms with van der Waals surface area (Å²) in [6, 6.07) is 1.73. The molecule has 0 amide bonds. The monoisotopic (exact) mass is 267 g/mol. The number of aromatic nitrogens is 3. The van der Waals surface area contributed by atoms with Crippen molar-refractivity contribution in [2.75, 3.05) is 12.9 Å². The lowest BCUT2D eigenvalue weighted by Gasteiger charge is -2.01. The van der Waals surface area contributed by atoms with Crippen LogP contribution in [0.1, 0.15) is 6.42 Å². The number of rotatable bonds is 4. The van der Waals surface area contributed by atoms with Gasteiger partial charge in [-0.1, -0.05) is 11.8 Å². The fraction of sp³-hybridized carbons (Fsp3) is 0.364. The third kappa shape index (κ3) is 2.56. The lowest BCUT2D eigenvalue weighted by Crippen LogP contribution is -2.10. The van der Waals surface area contributed by atoms with Crippen LogP contribution in [-0.4, -0.2) is 33.4 Å². The Morgan fingerprint density at radius 1 is 1.61 bits per heavy atom. The number of methoxy groups -OCH3 is 1. The van der Waals surface area contributed by atoms with E-state index in [0.717, 1.165) is 0 Å². The Morgan fingerprint density at radius 2 is 2.39 bits per heavy atom. The fourth-order valence-electron chi connectivity index (χ4n) is 1.53.